The molecule has 72 heavy (non-hydrogen) atoms. The fourth-order valence-electron chi connectivity index (χ4n) is 11.8. The largest absolute Gasteiger partial charge is 0.369 e. The zero-order chi connectivity index (χ0) is 49.9. The highest BCUT2D eigenvalue weighted by atomic mass is 32.1. The fraction of sp³-hybridized carbons (Fsp3) is 0.371. The second-order valence-electron chi connectivity index (χ2n) is 20.9. The zero-order valence-corrected chi connectivity index (χ0v) is 44.0. The molecule has 6 heterocycles. The van der Waals surface area contributed by atoms with E-state index in [4.69, 9.17) is 15.1 Å². The molecule has 2 saturated heterocycles. The first-order valence-electron chi connectivity index (χ1n) is 26.4. The molecule has 10 heteroatoms. The minimum atomic E-state index is 0.249. The molecule has 3 fully saturated rings. The second-order valence-corrected chi connectivity index (χ2v) is 22.0. The van der Waals surface area contributed by atoms with E-state index in [1.807, 2.05) is 29.0 Å². The van der Waals surface area contributed by atoms with Gasteiger partial charge in [-0.3, -0.25) is 9.58 Å². The van der Waals surface area contributed by atoms with Gasteiger partial charge in [-0.25, -0.2) is 9.97 Å². The van der Waals surface area contributed by atoms with Crippen molar-refractivity contribution in [1.29, 1.82) is 0 Å². The molecule has 3 aliphatic heterocycles. The predicted octanol–water partition coefficient (Wildman–Crippen LogP) is 14.1. The van der Waals surface area contributed by atoms with Crippen LogP contribution in [0.25, 0.3) is 44.0 Å². The van der Waals surface area contributed by atoms with E-state index in [-0.39, 0.29) is 5.92 Å². The lowest BCUT2D eigenvalue weighted by Crippen LogP contribution is -2.47. The van der Waals surface area contributed by atoms with Gasteiger partial charge in [0.2, 0.25) is 0 Å². The number of piperazine rings is 1. The lowest BCUT2D eigenvalue weighted by atomic mass is 9.83. The summed E-state index contributed by atoms with van der Waals surface area (Å²) in [4.78, 5) is 17.4. The van der Waals surface area contributed by atoms with E-state index in [0.29, 0.717) is 0 Å². The summed E-state index contributed by atoms with van der Waals surface area (Å²) in [6.07, 6.45) is 13.6. The van der Waals surface area contributed by atoms with Gasteiger partial charge in [0.05, 0.1) is 27.1 Å². The molecule has 7 aromatic rings. The van der Waals surface area contributed by atoms with Gasteiger partial charge in [0, 0.05) is 98.1 Å². The molecule has 1 aliphatic carbocycles. The molecule has 9 nitrogen and oxygen atoms in total. The number of thiazole rings is 1. The Kier molecular flexibility index (Phi) is 14.8. The molecule has 372 valence electrons. The standard InChI is InChI=1S/C33H30N4S.C29H43N5/c1-5-29-27(25-12-8-10-21(2)22(25)3)16-17-32(35-29)37-19-18-24-11-9-13-26(28(24)20-37)23(4)34-33-36-30-14-6-7-15-31(30)38-33;1-21(18-24-8-6-5-7-9-24)20-33-14-16-34(17-15-33)25-11-13-27-28(19-25)32(4)31-29(27)26-12-10-22(2)30-23(26)3/h5-17H,1,4,18-20H2,2-3H3,(H,34,36);11,13,19,21,24,26,30H,2-3,5-10,12,14-18,20H2,1,4H3. The molecule has 0 radical (unpaired) electrons. The van der Waals surface area contributed by atoms with Crippen LogP contribution in [0.3, 0.4) is 0 Å². The fourth-order valence-corrected chi connectivity index (χ4v) is 12.7. The van der Waals surface area contributed by atoms with Gasteiger partial charge < -0.3 is 20.4 Å². The summed E-state index contributed by atoms with van der Waals surface area (Å²) < 4.78 is 3.21. The van der Waals surface area contributed by atoms with E-state index in [1.165, 1.54) is 103 Å². The van der Waals surface area contributed by atoms with Crippen LogP contribution in [0, 0.1) is 25.7 Å². The molecule has 0 bridgehead atoms. The van der Waals surface area contributed by atoms with Gasteiger partial charge in [-0.05, 0) is 128 Å². The SMILES string of the molecule is C=C1CCC(c2nn(C)c3cc(N4CCN(CC(C)CC5CCCCC5)CC4)ccc23)C(=C)N1.C=Cc1nc(N2CCc3cccc(C(=C)Nc4nc5ccccc5s4)c3C2)ccc1-c1cccc(C)c1C. The second kappa shape index (κ2) is 21.7. The number of pyridine rings is 1. The van der Waals surface area contributed by atoms with Crippen LogP contribution in [-0.2, 0) is 20.0 Å². The number of piperidine rings is 1. The quantitative estimate of drug-likeness (QED) is 0.125. The van der Waals surface area contributed by atoms with Crippen LogP contribution >= 0.6 is 11.3 Å². The van der Waals surface area contributed by atoms with Crippen molar-refractivity contribution in [1.82, 2.24) is 30.0 Å². The van der Waals surface area contributed by atoms with Gasteiger partial charge in [0.1, 0.15) is 5.82 Å². The number of para-hydroxylation sites is 1. The molecule has 2 atom stereocenters. The Morgan fingerprint density at radius 3 is 2.44 bits per heavy atom. The third-order valence-corrected chi connectivity index (χ3v) is 16.9. The van der Waals surface area contributed by atoms with Crippen LogP contribution in [0.15, 0.2) is 129 Å². The van der Waals surface area contributed by atoms with Crippen LogP contribution < -0.4 is 20.4 Å². The molecule has 2 N–H and O–H groups in total. The number of aromatic nitrogens is 4. The van der Waals surface area contributed by atoms with E-state index in [2.05, 4.69) is 152 Å². The molecule has 0 amide bonds. The summed E-state index contributed by atoms with van der Waals surface area (Å²) in [7, 11) is 2.07. The van der Waals surface area contributed by atoms with Crippen LogP contribution in [-0.4, -0.2) is 63.9 Å². The average Bonchev–Trinajstić information content (AvgIpc) is 3.96. The lowest BCUT2D eigenvalue weighted by molar-refractivity contribution is 0.197. The number of nitrogens with zero attached hydrogens (tertiary/aromatic N) is 7. The number of benzene rings is 4. The number of fused-ring (bicyclic) bond motifs is 3. The van der Waals surface area contributed by atoms with Crippen LogP contribution in [0.1, 0.15) is 103 Å². The molecule has 2 unspecified atom stereocenters. The highest BCUT2D eigenvalue weighted by Gasteiger charge is 2.28. The molecule has 11 rings (SSSR count). The van der Waals surface area contributed by atoms with Crippen molar-refractivity contribution in [2.75, 3.05) is 54.4 Å². The van der Waals surface area contributed by atoms with Crippen LogP contribution in [0.4, 0.5) is 16.6 Å². The average molecular weight is 976 g/mol. The number of nitrogens with one attached hydrogen (secondary N) is 2. The minimum absolute atomic E-state index is 0.249. The Morgan fingerprint density at radius 2 is 1.65 bits per heavy atom. The highest BCUT2D eigenvalue weighted by Crippen LogP contribution is 2.38. The molecule has 3 aromatic heterocycles. The van der Waals surface area contributed by atoms with Gasteiger partial charge in [-0.15, -0.1) is 0 Å². The van der Waals surface area contributed by atoms with Crippen molar-refractivity contribution in [2.45, 2.75) is 91.0 Å². The molecule has 4 aromatic carbocycles. The molecule has 4 aliphatic rings. The van der Waals surface area contributed by atoms with Gasteiger partial charge in [-0.1, -0.05) is 125 Å². The number of hydrogen-bond donors (Lipinski definition) is 2. The van der Waals surface area contributed by atoms with Gasteiger partial charge in [0.15, 0.2) is 5.13 Å². The third-order valence-electron chi connectivity index (χ3n) is 15.9. The topological polar surface area (TPSA) is 77.4 Å². The predicted molar refractivity (Wildman–Crippen MR) is 306 cm³/mol. The molecule has 0 spiro atoms. The normalized spacial score (nSPS) is 18.1. The van der Waals surface area contributed by atoms with E-state index in [1.54, 1.807) is 11.3 Å². The Balaban J connectivity index is 0.000000167. The van der Waals surface area contributed by atoms with Crippen LogP contribution in [0.2, 0.25) is 0 Å². The Bertz CT molecular complexity index is 3090. The van der Waals surface area contributed by atoms with E-state index < -0.39 is 0 Å². The first-order chi connectivity index (χ1) is 35.0. The first-order valence-corrected chi connectivity index (χ1v) is 27.3. The first kappa shape index (κ1) is 49.1. The van der Waals surface area contributed by atoms with Crippen LogP contribution in [0.5, 0.6) is 0 Å². The van der Waals surface area contributed by atoms with E-state index >= 15 is 0 Å². The summed E-state index contributed by atoms with van der Waals surface area (Å²) in [5.41, 5.74) is 17.2. The Morgan fingerprint density at radius 1 is 0.847 bits per heavy atom. The maximum Gasteiger partial charge on any atom is 0.188 e. The van der Waals surface area contributed by atoms with Crippen molar-refractivity contribution in [3.63, 3.8) is 0 Å². The zero-order valence-electron chi connectivity index (χ0n) is 43.2. The number of hydrogen-bond acceptors (Lipinski definition) is 9. The highest BCUT2D eigenvalue weighted by molar-refractivity contribution is 7.22. The lowest BCUT2D eigenvalue weighted by Gasteiger charge is -2.37. The van der Waals surface area contributed by atoms with Gasteiger partial charge >= 0.3 is 0 Å². The monoisotopic (exact) mass is 976 g/mol. The molecular formula is C62H73N9S. The van der Waals surface area contributed by atoms with Gasteiger partial charge in [0.25, 0.3) is 0 Å². The van der Waals surface area contributed by atoms with E-state index in [0.717, 1.165) is 118 Å². The smallest absolute Gasteiger partial charge is 0.188 e. The van der Waals surface area contributed by atoms with Gasteiger partial charge in [-0.2, -0.15) is 5.10 Å². The number of aryl methyl sites for hydroxylation is 2. The maximum absolute atomic E-state index is 5.06. The summed E-state index contributed by atoms with van der Waals surface area (Å²) >= 11 is 1.65. The van der Waals surface area contributed by atoms with E-state index in [9.17, 15) is 0 Å². The molecular weight excluding hydrogens is 903 g/mol. The number of anilines is 3. The summed E-state index contributed by atoms with van der Waals surface area (Å²) in [6, 6.07) is 32.4. The number of allylic oxidation sites excluding steroid dienone is 2. The maximum atomic E-state index is 5.06. The third kappa shape index (κ3) is 10.7. The number of rotatable bonds is 12. The Hall–Kier alpha value is -6.49. The van der Waals surface area contributed by atoms with Crippen molar-refractivity contribution >= 4 is 60.9 Å². The van der Waals surface area contributed by atoms with Crippen molar-refractivity contribution in [3.8, 4) is 11.1 Å². The summed E-state index contributed by atoms with van der Waals surface area (Å²) in [5.74, 6) is 3.03. The minimum Gasteiger partial charge on any atom is -0.369 e. The van der Waals surface area contributed by atoms with Crippen molar-refractivity contribution in [3.05, 3.63) is 168 Å². The Labute approximate surface area is 432 Å². The van der Waals surface area contributed by atoms with Crippen molar-refractivity contribution in [2.24, 2.45) is 18.9 Å². The molecule has 1 saturated carbocycles. The summed E-state index contributed by atoms with van der Waals surface area (Å²) in [6.45, 7) is 31.1. The van der Waals surface area contributed by atoms with Crippen molar-refractivity contribution < 1.29 is 0 Å². The summed E-state index contributed by atoms with van der Waals surface area (Å²) in [5, 5.41) is 13.9.